The van der Waals surface area contributed by atoms with Crippen molar-refractivity contribution in [3.05, 3.63) is 12.7 Å². The van der Waals surface area contributed by atoms with Gasteiger partial charge < -0.3 is 29.2 Å². The minimum Gasteiger partial charge on any atom is -0.379 e. The minimum absolute atomic E-state index is 0.104. The number of nitrogens with one attached hydrogen (secondary N) is 1. The molecule has 0 saturated carbocycles. The average molecular weight is 591 g/mol. The number of aromatic nitrogens is 4. The summed E-state index contributed by atoms with van der Waals surface area (Å²) in [7, 11) is 3.54. The van der Waals surface area contributed by atoms with Crippen LogP contribution in [0.4, 0.5) is 5.82 Å². The highest BCUT2D eigenvalue weighted by Gasteiger charge is 2.48. The number of carbonyl (C=O) groups is 1. The number of hydrogen-bond acceptors (Lipinski definition) is 9. The second-order valence-corrected chi connectivity index (χ2v) is 11.3. The zero-order valence-corrected chi connectivity index (χ0v) is 26.6. The van der Waals surface area contributed by atoms with E-state index in [9.17, 15) is 4.79 Å². The van der Waals surface area contributed by atoms with Crippen LogP contribution in [0.2, 0.25) is 0 Å². The molecule has 1 saturated heterocycles. The van der Waals surface area contributed by atoms with E-state index in [2.05, 4.69) is 41.0 Å². The van der Waals surface area contributed by atoms with Gasteiger partial charge in [-0.25, -0.2) is 15.0 Å². The molecule has 0 aliphatic carbocycles. The zero-order chi connectivity index (χ0) is 30.2. The molecule has 1 amide bonds. The maximum atomic E-state index is 11.9. The summed E-state index contributed by atoms with van der Waals surface area (Å²) in [5.74, 6) is 0.741. The molecule has 1 aliphatic heterocycles. The first kappa shape index (κ1) is 34.2. The third kappa shape index (κ3) is 10.1. The number of imidazole rings is 1. The highest BCUT2D eigenvalue weighted by atomic mass is 16.6. The molecule has 1 aliphatic rings. The van der Waals surface area contributed by atoms with Crippen LogP contribution < -0.4 is 5.32 Å². The standard InChI is InChI=1S/C31H54N6O5/c1-6-9-12-18-39-21-24-27(40-19-13-10-7-2)28(41-20-14-11-8-3)31(42-24)37-23-35-26-29(33-22-34-30(26)37)32-17-15-16-25(38)36(4)5/h22-24,27-28,31H,6-21H2,1-5H3,(H,32,33,34). The third-order valence-corrected chi connectivity index (χ3v) is 7.57. The molecule has 2 aromatic heterocycles. The number of carbonyl (C=O) groups excluding carboxylic acids is 1. The van der Waals surface area contributed by atoms with Crippen molar-refractivity contribution in [3.8, 4) is 0 Å². The molecule has 4 unspecified atom stereocenters. The SMILES string of the molecule is CCCCCOCC1OC(n2cnc3c(NCCCC(=O)N(C)C)ncnc32)C(OCCCCC)C1OCCCCC. The van der Waals surface area contributed by atoms with E-state index in [4.69, 9.17) is 18.9 Å². The Bertz CT molecular complexity index is 1030. The molecule has 3 heterocycles. The van der Waals surface area contributed by atoms with E-state index in [1.54, 1.807) is 25.3 Å². The summed E-state index contributed by atoms with van der Waals surface area (Å²) in [6, 6.07) is 0. The van der Waals surface area contributed by atoms with E-state index in [1.165, 1.54) is 6.33 Å². The lowest BCUT2D eigenvalue weighted by Gasteiger charge is -2.25. The van der Waals surface area contributed by atoms with Gasteiger partial charge in [0.1, 0.15) is 24.6 Å². The Kier molecular flexibility index (Phi) is 15.5. The summed E-state index contributed by atoms with van der Waals surface area (Å²) >= 11 is 0. The number of amides is 1. The first-order valence-corrected chi connectivity index (χ1v) is 16.1. The van der Waals surface area contributed by atoms with Crippen LogP contribution in [0.15, 0.2) is 12.7 Å². The number of hydrogen-bond donors (Lipinski definition) is 1. The maximum absolute atomic E-state index is 11.9. The van der Waals surface area contributed by atoms with Crippen molar-refractivity contribution in [2.24, 2.45) is 0 Å². The van der Waals surface area contributed by atoms with Gasteiger partial charge in [-0.1, -0.05) is 59.3 Å². The minimum atomic E-state index is -0.461. The van der Waals surface area contributed by atoms with E-state index in [1.807, 2.05) is 4.57 Å². The lowest BCUT2D eigenvalue weighted by molar-refractivity contribution is -0.128. The molecule has 0 spiro atoms. The Labute approximate surface area is 252 Å². The fraction of sp³-hybridized carbons (Fsp3) is 0.806. The molecule has 11 heteroatoms. The smallest absolute Gasteiger partial charge is 0.222 e. The van der Waals surface area contributed by atoms with Crippen molar-refractivity contribution in [2.45, 2.75) is 116 Å². The Morgan fingerprint density at radius 1 is 0.905 bits per heavy atom. The maximum Gasteiger partial charge on any atom is 0.222 e. The molecule has 2 aromatic rings. The van der Waals surface area contributed by atoms with Gasteiger partial charge in [-0.05, 0) is 25.7 Å². The van der Waals surface area contributed by atoms with Gasteiger partial charge >= 0.3 is 0 Å². The van der Waals surface area contributed by atoms with Crippen molar-refractivity contribution >= 4 is 22.9 Å². The van der Waals surface area contributed by atoms with Crippen molar-refractivity contribution in [1.29, 1.82) is 0 Å². The van der Waals surface area contributed by atoms with Gasteiger partial charge in [-0.3, -0.25) is 9.36 Å². The summed E-state index contributed by atoms with van der Waals surface area (Å²) in [6.45, 7) is 9.64. The quantitative estimate of drug-likeness (QED) is 0.181. The largest absolute Gasteiger partial charge is 0.379 e. The fourth-order valence-electron chi connectivity index (χ4n) is 5.08. The van der Waals surface area contributed by atoms with Gasteiger partial charge in [0.15, 0.2) is 23.2 Å². The van der Waals surface area contributed by atoms with Crippen molar-refractivity contribution in [3.63, 3.8) is 0 Å². The Balaban J connectivity index is 1.80. The Morgan fingerprint density at radius 3 is 2.24 bits per heavy atom. The zero-order valence-electron chi connectivity index (χ0n) is 26.6. The fourth-order valence-corrected chi connectivity index (χ4v) is 5.08. The lowest BCUT2D eigenvalue weighted by atomic mass is 10.1. The number of anilines is 1. The molecule has 0 bridgehead atoms. The van der Waals surface area contributed by atoms with Crippen LogP contribution in [0.5, 0.6) is 0 Å². The van der Waals surface area contributed by atoms with Crippen LogP contribution in [-0.4, -0.2) is 95.7 Å². The van der Waals surface area contributed by atoms with Crippen LogP contribution in [0.25, 0.3) is 11.2 Å². The first-order valence-electron chi connectivity index (χ1n) is 16.1. The molecular weight excluding hydrogens is 536 g/mol. The molecule has 4 atom stereocenters. The summed E-state index contributed by atoms with van der Waals surface area (Å²) in [5, 5.41) is 3.33. The number of rotatable bonds is 22. The molecule has 0 aromatic carbocycles. The molecule has 42 heavy (non-hydrogen) atoms. The van der Waals surface area contributed by atoms with Gasteiger partial charge in [-0.2, -0.15) is 0 Å². The van der Waals surface area contributed by atoms with Crippen LogP contribution in [0.3, 0.4) is 0 Å². The van der Waals surface area contributed by atoms with Gasteiger partial charge in [0.2, 0.25) is 5.91 Å². The lowest BCUT2D eigenvalue weighted by Crippen LogP contribution is -2.39. The molecule has 3 rings (SSSR count). The predicted octanol–water partition coefficient (Wildman–Crippen LogP) is 5.36. The second-order valence-electron chi connectivity index (χ2n) is 11.3. The average Bonchev–Trinajstić information content (AvgIpc) is 3.57. The summed E-state index contributed by atoms with van der Waals surface area (Å²) in [4.78, 5) is 27.2. The molecule has 1 N–H and O–H groups in total. The summed E-state index contributed by atoms with van der Waals surface area (Å²) in [6.07, 6.45) is 13.0. The molecule has 238 valence electrons. The predicted molar refractivity (Wildman–Crippen MR) is 165 cm³/mol. The first-order chi connectivity index (χ1) is 20.5. The van der Waals surface area contributed by atoms with E-state index in [0.29, 0.717) is 62.8 Å². The second kappa shape index (κ2) is 19.0. The molecule has 0 radical (unpaired) electrons. The molecular formula is C31H54N6O5. The van der Waals surface area contributed by atoms with Gasteiger partial charge in [0.05, 0.1) is 12.9 Å². The number of ether oxygens (including phenoxy) is 4. The monoisotopic (exact) mass is 590 g/mol. The van der Waals surface area contributed by atoms with E-state index < -0.39 is 6.23 Å². The number of fused-ring (bicyclic) bond motifs is 1. The van der Waals surface area contributed by atoms with Crippen LogP contribution in [0, 0.1) is 0 Å². The highest BCUT2D eigenvalue weighted by molar-refractivity contribution is 5.82. The van der Waals surface area contributed by atoms with Crippen molar-refractivity contribution in [2.75, 3.05) is 52.4 Å². The topological polar surface area (TPSA) is 113 Å². The number of nitrogens with zero attached hydrogens (tertiary/aromatic N) is 5. The normalized spacial score (nSPS) is 20.4. The van der Waals surface area contributed by atoms with Crippen LogP contribution >= 0.6 is 0 Å². The van der Waals surface area contributed by atoms with Gasteiger partial charge in [0, 0.05) is 46.9 Å². The summed E-state index contributed by atoms with van der Waals surface area (Å²) in [5.41, 5.74) is 1.32. The van der Waals surface area contributed by atoms with Crippen LogP contribution in [0.1, 0.15) is 97.6 Å². The van der Waals surface area contributed by atoms with Crippen molar-refractivity contribution < 1.29 is 23.7 Å². The van der Waals surface area contributed by atoms with E-state index in [0.717, 1.165) is 57.8 Å². The van der Waals surface area contributed by atoms with E-state index >= 15 is 0 Å². The van der Waals surface area contributed by atoms with E-state index in [-0.39, 0.29) is 24.2 Å². The molecule has 1 fully saturated rings. The highest BCUT2D eigenvalue weighted by Crippen LogP contribution is 2.36. The van der Waals surface area contributed by atoms with Crippen molar-refractivity contribution in [1.82, 2.24) is 24.4 Å². The molecule has 11 nitrogen and oxygen atoms in total. The summed E-state index contributed by atoms with van der Waals surface area (Å²) < 4.78 is 27.7. The Hall–Kier alpha value is -2.34. The third-order valence-electron chi connectivity index (χ3n) is 7.57. The Morgan fingerprint density at radius 2 is 1.57 bits per heavy atom. The van der Waals surface area contributed by atoms with Gasteiger partial charge in [-0.15, -0.1) is 0 Å². The van der Waals surface area contributed by atoms with Crippen LogP contribution in [-0.2, 0) is 23.7 Å². The van der Waals surface area contributed by atoms with Gasteiger partial charge in [0.25, 0.3) is 0 Å². The number of unbranched alkanes of at least 4 members (excludes halogenated alkanes) is 6.